The van der Waals surface area contributed by atoms with Gasteiger partial charge in [-0.1, -0.05) is 78.9 Å². The molecule has 5 rings (SSSR count). The molecule has 0 amide bonds. The first-order valence-electron chi connectivity index (χ1n) is 12.4. The fourth-order valence-corrected chi connectivity index (χ4v) is 6.60. The lowest BCUT2D eigenvalue weighted by Crippen LogP contribution is -2.29. The molecule has 3 nitrogen and oxygen atoms in total. The topological polar surface area (TPSA) is 35.5 Å². The van der Waals surface area contributed by atoms with E-state index in [1.165, 1.54) is 6.07 Å². The minimum atomic E-state index is -0.885. The van der Waals surface area contributed by atoms with Crippen molar-refractivity contribution in [1.82, 2.24) is 0 Å². The van der Waals surface area contributed by atoms with Gasteiger partial charge in [-0.15, -0.1) is 0 Å². The smallest absolute Gasteiger partial charge is 0.345 e. The van der Waals surface area contributed by atoms with E-state index in [0.717, 1.165) is 31.0 Å². The first-order valence-corrected chi connectivity index (χ1v) is 13.6. The summed E-state index contributed by atoms with van der Waals surface area (Å²) in [6.45, 7) is 3.29. The second-order valence-electron chi connectivity index (χ2n) is 9.32. The Labute approximate surface area is 225 Å². The van der Waals surface area contributed by atoms with E-state index in [2.05, 4.69) is 0 Å². The highest BCUT2D eigenvalue weighted by Crippen LogP contribution is 2.34. The third-order valence-corrected chi connectivity index (χ3v) is 8.46. The van der Waals surface area contributed by atoms with E-state index in [4.69, 9.17) is 9.47 Å². The number of hydrogen-bond acceptors (Lipinski definition) is 3. The highest BCUT2D eigenvalue weighted by molar-refractivity contribution is 7.97. The Morgan fingerprint density at radius 2 is 1.34 bits per heavy atom. The summed E-state index contributed by atoms with van der Waals surface area (Å²) < 4.78 is 26.6. The van der Waals surface area contributed by atoms with E-state index in [9.17, 15) is 4.79 Å². The zero-order chi connectivity index (χ0) is 26.5. The van der Waals surface area contributed by atoms with Crippen LogP contribution in [0, 0.1) is 5.82 Å². The van der Waals surface area contributed by atoms with Gasteiger partial charge in [0, 0.05) is 11.6 Å². The van der Waals surface area contributed by atoms with Crippen LogP contribution in [0.25, 0.3) is 10.8 Å². The van der Waals surface area contributed by atoms with Crippen LogP contribution in [0.2, 0.25) is 0 Å². The first kappa shape index (κ1) is 25.6. The predicted molar refractivity (Wildman–Crippen MR) is 150 cm³/mol. The van der Waals surface area contributed by atoms with Gasteiger partial charge in [-0.3, -0.25) is 0 Å². The van der Waals surface area contributed by atoms with Gasteiger partial charge in [-0.25, -0.2) is 9.18 Å². The number of rotatable bonds is 8. The molecule has 0 heterocycles. The lowest BCUT2D eigenvalue weighted by atomic mass is 9.92. The molecule has 0 N–H and O–H groups in total. The normalized spacial score (nSPS) is 11.5. The average Bonchev–Trinajstić information content (AvgIpc) is 2.93. The van der Waals surface area contributed by atoms with Crippen molar-refractivity contribution >= 4 is 27.6 Å². The molecule has 0 saturated heterocycles. The third-order valence-electron chi connectivity index (χ3n) is 6.25. The van der Waals surface area contributed by atoms with Crippen LogP contribution in [0.4, 0.5) is 4.39 Å². The number of halogens is 1. The molecular formula is C33H28FO3S+. The van der Waals surface area contributed by atoms with Gasteiger partial charge in [0.15, 0.2) is 32.9 Å². The van der Waals surface area contributed by atoms with Crippen molar-refractivity contribution in [3.63, 3.8) is 0 Å². The fourth-order valence-electron chi connectivity index (χ4n) is 4.50. The highest BCUT2D eigenvalue weighted by atomic mass is 32.2. The number of benzene rings is 5. The molecule has 0 bridgehead atoms. The third kappa shape index (κ3) is 5.58. The second-order valence-corrected chi connectivity index (χ2v) is 11.4. The average molecular weight is 524 g/mol. The Morgan fingerprint density at radius 3 is 2.00 bits per heavy atom. The Bertz CT molecular complexity index is 1510. The van der Waals surface area contributed by atoms with Gasteiger partial charge in [0.05, 0.1) is 10.9 Å². The van der Waals surface area contributed by atoms with Gasteiger partial charge < -0.3 is 9.47 Å². The summed E-state index contributed by atoms with van der Waals surface area (Å²) >= 11 is 0. The zero-order valence-corrected chi connectivity index (χ0v) is 22.1. The molecule has 5 aromatic carbocycles. The summed E-state index contributed by atoms with van der Waals surface area (Å²) in [5.74, 6) is -1.08. The van der Waals surface area contributed by atoms with Crippen molar-refractivity contribution in [2.24, 2.45) is 0 Å². The molecule has 0 aliphatic rings. The van der Waals surface area contributed by atoms with Crippen LogP contribution >= 0.6 is 0 Å². The number of hydrogen-bond donors (Lipinski definition) is 0. The van der Waals surface area contributed by atoms with Crippen LogP contribution in [-0.2, 0) is 26.0 Å². The standard InChI is InChI=1S/C33H28FO3S/c1-33(2,29-19-11-13-24-12-9-10-18-28(24)29)37-32(35)23-36-31-21-20-27(22-30(31)34)38(25-14-5-3-6-15-25)26-16-7-4-8-17-26/h3-22H,23H2,1-2H3/q+1. The number of fused-ring (bicyclic) bond motifs is 1. The maximum absolute atomic E-state index is 15.2. The molecule has 0 radical (unpaired) electrons. The molecule has 0 aromatic heterocycles. The maximum atomic E-state index is 15.2. The summed E-state index contributed by atoms with van der Waals surface area (Å²) in [6, 6.07) is 38.9. The van der Waals surface area contributed by atoms with Crippen molar-refractivity contribution in [3.05, 3.63) is 133 Å². The zero-order valence-electron chi connectivity index (χ0n) is 21.3. The molecular weight excluding hydrogens is 495 g/mol. The summed E-state index contributed by atoms with van der Waals surface area (Å²) in [6.07, 6.45) is 0. The largest absolute Gasteiger partial charge is 0.479 e. The van der Waals surface area contributed by atoms with Crippen LogP contribution < -0.4 is 4.74 Å². The SMILES string of the molecule is CC(C)(OC(=O)COc1ccc([S+](c2ccccc2)c2ccccc2)cc1F)c1cccc2ccccc12. The predicted octanol–water partition coefficient (Wildman–Crippen LogP) is 7.93. The monoisotopic (exact) mass is 523 g/mol. The van der Waals surface area contributed by atoms with E-state index in [0.29, 0.717) is 0 Å². The van der Waals surface area contributed by atoms with Gasteiger partial charge in [-0.05, 0) is 61.0 Å². The fraction of sp³-hybridized carbons (Fsp3) is 0.121. The van der Waals surface area contributed by atoms with Crippen LogP contribution in [-0.4, -0.2) is 12.6 Å². The van der Waals surface area contributed by atoms with E-state index in [1.54, 1.807) is 6.07 Å². The van der Waals surface area contributed by atoms with E-state index in [1.807, 2.05) is 123 Å². The van der Waals surface area contributed by atoms with Crippen LogP contribution in [0.15, 0.2) is 136 Å². The molecule has 190 valence electrons. The number of esters is 1. The lowest BCUT2D eigenvalue weighted by Gasteiger charge is -2.27. The molecule has 0 fully saturated rings. The Kier molecular flexibility index (Phi) is 7.47. The van der Waals surface area contributed by atoms with E-state index in [-0.39, 0.29) is 5.75 Å². The maximum Gasteiger partial charge on any atom is 0.345 e. The molecule has 0 saturated carbocycles. The second kappa shape index (κ2) is 11.1. The molecule has 0 unspecified atom stereocenters. The molecule has 0 spiro atoms. The van der Waals surface area contributed by atoms with Crippen molar-refractivity contribution in [2.45, 2.75) is 34.1 Å². The van der Waals surface area contributed by atoms with E-state index < -0.39 is 34.9 Å². The first-order chi connectivity index (χ1) is 18.4. The minimum Gasteiger partial charge on any atom is -0.479 e. The Morgan fingerprint density at radius 1 is 0.737 bits per heavy atom. The molecule has 38 heavy (non-hydrogen) atoms. The number of ether oxygens (including phenoxy) is 2. The van der Waals surface area contributed by atoms with Gasteiger partial charge in [0.2, 0.25) is 0 Å². The summed E-state index contributed by atoms with van der Waals surface area (Å²) in [7, 11) is -0.479. The Hall–Kier alpha value is -4.09. The minimum absolute atomic E-state index is 0.0124. The number of carbonyl (C=O) groups is 1. The number of carbonyl (C=O) groups excluding carboxylic acids is 1. The van der Waals surface area contributed by atoms with Crippen molar-refractivity contribution < 1.29 is 18.7 Å². The quantitative estimate of drug-likeness (QED) is 0.153. The van der Waals surface area contributed by atoms with E-state index >= 15 is 4.39 Å². The van der Waals surface area contributed by atoms with Gasteiger partial charge in [-0.2, -0.15) is 0 Å². The molecule has 0 atom stereocenters. The summed E-state index contributed by atoms with van der Waals surface area (Å²) in [4.78, 5) is 15.7. The van der Waals surface area contributed by atoms with Crippen LogP contribution in [0.1, 0.15) is 19.4 Å². The molecule has 5 aromatic rings. The van der Waals surface area contributed by atoms with Crippen molar-refractivity contribution in [3.8, 4) is 5.75 Å². The summed E-state index contributed by atoms with van der Waals surface area (Å²) in [5.41, 5.74) is 0.0111. The lowest BCUT2D eigenvalue weighted by molar-refractivity contribution is -0.159. The molecule has 0 aliphatic heterocycles. The molecule has 5 heteroatoms. The van der Waals surface area contributed by atoms with Crippen molar-refractivity contribution in [2.75, 3.05) is 6.61 Å². The van der Waals surface area contributed by atoms with Crippen molar-refractivity contribution in [1.29, 1.82) is 0 Å². The summed E-state index contributed by atoms with van der Waals surface area (Å²) in [5, 5.41) is 2.08. The van der Waals surface area contributed by atoms with Crippen LogP contribution in [0.5, 0.6) is 5.75 Å². The van der Waals surface area contributed by atoms with Crippen LogP contribution in [0.3, 0.4) is 0 Å². The van der Waals surface area contributed by atoms with Gasteiger partial charge >= 0.3 is 5.97 Å². The van der Waals surface area contributed by atoms with Gasteiger partial charge in [0.1, 0.15) is 5.60 Å². The van der Waals surface area contributed by atoms with Gasteiger partial charge in [0.25, 0.3) is 0 Å². The highest BCUT2D eigenvalue weighted by Gasteiger charge is 2.30. The Balaban J connectivity index is 1.31. The molecule has 0 aliphatic carbocycles.